The van der Waals surface area contributed by atoms with Gasteiger partial charge in [-0.2, -0.15) is 4.98 Å². The molecule has 3 heterocycles. The number of urea groups is 1. The summed E-state index contributed by atoms with van der Waals surface area (Å²) in [5, 5.41) is 7.08. The van der Waals surface area contributed by atoms with Gasteiger partial charge in [-0.1, -0.05) is 12.1 Å². The molecule has 1 aliphatic rings. The number of piperidine rings is 1. The second kappa shape index (κ2) is 8.75. The van der Waals surface area contributed by atoms with Crippen molar-refractivity contribution in [3.05, 3.63) is 30.4 Å². The van der Waals surface area contributed by atoms with Gasteiger partial charge in [0.25, 0.3) is 0 Å². The normalized spacial score (nSPS) is 17.8. The van der Waals surface area contributed by atoms with E-state index in [1.54, 1.807) is 24.3 Å². The molecule has 2 aromatic heterocycles. The Morgan fingerprint density at radius 2 is 2.23 bits per heavy atom. The topological polar surface area (TPSA) is 87.4 Å². The molecule has 1 N–H and O–H groups in total. The van der Waals surface area contributed by atoms with Crippen molar-refractivity contribution in [2.75, 3.05) is 26.7 Å². The van der Waals surface area contributed by atoms with E-state index < -0.39 is 0 Å². The number of aromatic nitrogens is 3. The molecule has 1 saturated heterocycles. The van der Waals surface area contributed by atoms with Crippen molar-refractivity contribution < 1.29 is 9.32 Å². The van der Waals surface area contributed by atoms with Crippen LogP contribution in [0.3, 0.4) is 0 Å². The summed E-state index contributed by atoms with van der Waals surface area (Å²) in [7, 11) is 1.73. The molecule has 140 valence electrons. The Labute approximate surface area is 153 Å². The molecule has 0 radical (unpaired) electrons. The number of hydrogen-bond acceptors (Lipinski definition) is 6. The number of nitrogens with zero attached hydrogens (tertiary/aromatic N) is 5. The lowest BCUT2D eigenvalue weighted by atomic mass is 10.1. The molecule has 2 aromatic rings. The van der Waals surface area contributed by atoms with Crippen LogP contribution in [-0.2, 0) is 6.54 Å². The number of carbonyl (C=O) groups excluding carboxylic acids is 1. The van der Waals surface area contributed by atoms with Gasteiger partial charge in [-0.15, -0.1) is 0 Å². The molecule has 0 aromatic carbocycles. The van der Waals surface area contributed by atoms with E-state index in [0.717, 1.165) is 44.5 Å². The van der Waals surface area contributed by atoms with Gasteiger partial charge in [0.2, 0.25) is 11.7 Å². The molecule has 0 aliphatic carbocycles. The zero-order chi connectivity index (χ0) is 18.4. The Hall–Kier alpha value is -2.48. The Morgan fingerprint density at radius 3 is 3.00 bits per heavy atom. The Kier molecular flexibility index (Phi) is 6.17. The number of nitrogens with one attached hydrogen (secondary N) is 1. The van der Waals surface area contributed by atoms with Crippen molar-refractivity contribution in [2.45, 2.75) is 38.8 Å². The predicted molar refractivity (Wildman–Crippen MR) is 97.3 cm³/mol. The van der Waals surface area contributed by atoms with Gasteiger partial charge in [-0.25, -0.2) is 4.79 Å². The molecule has 0 unspecified atom stereocenters. The van der Waals surface area contributed by atoms with Crippen molar-refractivity contribution >= 4 is 6.03 Å². The number of amides is 2. The monoisotopic (exact) mass is 358 g/mol. The molecular formula is C18H26N6O2. The lowest BCUT2D eigenvalue weighted by Crippen LogP contribution is -2.50. The van der Waals surface area contributed by atoms with Crippen LogP contribution in [0.1, 0.15) is 32.1 Å². The first-order chi connectivity index (χ1) is 12.7. The van der Waals surface area contributed by atoms with E-state index in [2.05, 4.69) is 32.3 Å². The maximum atomic E-state index is 12.5. The molecule has 1 aliphatic heterocycles. The van der Waals surface area contributed by atoms with Crippen molar-refractivity contribution in [3.8, 4) is 11.4 Å². The van der Waals surface area contributed by atoms with E-state index in [1.807, 2.05) is 12.1 Å². The van der Waals surface area contributed by atoms with Gasteiger partial charge in [-0.05, 0) is 44.5 Å². The molecule has 0 spiro atoms. The van der Waals surface area contributed by atoms with Gasteiger partial charge in [0, 0.05) is 37.6 Å². The summed E-state index contributed by atoms with van der Waals surface area (Å²) in [5.41, 5.74) is 0.834. The number of hydrogen-bond donors (Lipinski definition) is 1. The quantitative estimate of drug-likeness (QED) is 0.851. The fourth-order valence-corrected chi connectivity index (χ4v) is 3.19. The predicted octanol–water partition coefficient (Wildman–Crippen LogP) is 2.15. The van der Waals surface area contributed by atoms with Gasteiger partial charge in [0.15, 0.2) is 0 Å². The first kappa shape index (κ1) is 18.3. The van der Waals surface area contributed by atoms with Crippen molar-refractivity contribution in [3.63, 3.8) is 0 Å². The number of rotatable bonds is 6. The highest BCUT2D eigenvalue weighted by molar-refractivity contribution is 5.74. The summed E-state index contributed by atoms with van der Waals surface area (Å²) in [6.07, 6.45) is 6.63. The van der Waals surface area contributed by atoms with Crippen LogP contribution in [0, 0.1) is 0 Å². The third-order valence-corrected chi connectivity index (χ3v) is 4.50. The second-order valence-corrected chi connectivity index (χ2v) is 6.69. The fourth-order valence-electron chi connectivity index (χ4n) is 3.19. The summed E-state index contributed by atoms with van der Waals surface area (Å²) in [5.74, 6) is 0.907. The molecule has 1 atom stereocenters. The van der Waals surface area contributed by atoms with Gasteiger partial charge in [-0.3, -0.25) is 4.98 Å². The maximum Gasteiger partial charge on any atom is 0.317 e. The van der Waals surface area contributed by atoms with E-state index in [4.69, 9.17) is 4.52 Å². The van der Waals surface area contributed by atoms with Crippen molar-refractivity contribution in [2.24, 2.45) is 0 Å². The Balaban J connectivity index is 1.52. The van der Waals surface area contributed by atoms with Crippen LogP contribution in [0.2, 0.25) is 0 Å². The molecule has 2 amide bonds. The third kappa shape index (κ3) is 4.78. The lowest BCUT2D eigenvalue weighted by molar-refractivity contribution is 0.168. The zero-order valence-corrected chi connectivity index (χ0v) is 15.4. The minimum absolute atomic E-state index is 0.114. The number of likely N-dealkylation sites (tertiary alicyclic amines) is 1. The second-order valence-electron chi connectivity index (χ2n) is 6.69. The van der Waals surface area contributed by atoms with Gasteiger partial charge < -0.3 is 19.6 Å². The summed E-state index contributed by atoms with van der Waals surface area (Å²) < 4.78 is 5.27. The van der Waals surface area contributed by atoms with Crippen LogP contribution < -0.4 is 5.32 Å². The van der Waals surface area contributed by atoms with Gasteiger partial charge in [0.05, 0.1) is 0 Å². The van der Waals surface area contributed by atoms with Gasteiger partial charge >= 0.3 is 6.03 Å². The summed E-state index contributed by atoms with van der Waals surface area (Å²) in [6, 6.07) is 3.71. The minimum Gasteiger partial charge on any atom is -0.337 e. The molecule has 8 heteroatoms. The minimum atomic E-state index is -0.114. The molecule has 3 rings (SSSR count). The average Bonchev–Trinajstić information content (AvgIpc) is 3.11. The number of pyridine rings is 1. The zero-order valence-electron chi connectivity index (χ0n) is 15.4. The molecule has 8 nitrogen and oxygen atoms in total. The molecule has 1 fully saturated rings. The van der Waals surface area contributed by atoms with Crippen LogP contribution in [0.25, 0.3) is 11.4 Å². The van der Waals surface area contributed by atoms with Crippen LogP contribution in [0.5, 0.6) is 0 Å². The van der Waals surface area contributed by atoms with Crippen molar-refractivity contribution in [1.82, 2.24) is 30.2 Å². The Bertz CT molecular complexity index is 703. The molecular weight excluding hydrogens is 332 g/mol. The van der Waals surface area contributed by atoms with Crippen LogP contribution in [-0.4, -0.2) is 63.7 Å². The summed E-state index contributed by atoms with van der Waals surface area (Å²) in [6.45, 7) is 5.58. The standard InChI is InChI=1S/C18H26N6O2/c1-3-10-24-11-4-5-15(12-24)20-18(25)23(2)13-16-21-17(22-26-16)14-6-8-19-9-7-14/h6-9,15H,3-5,10-13H2,1-2H3,(H,20,25)/t15-/m1/s1. The highest BCUT2D eigenvalue weighted by Crippen LogP contribution is 2.15. The summed E-state index contributed by atoms with van der Waals surface area (Å²) in [4.78, 5) is 24.8. The van der Waals surface area contributed by atoms with Crippen LogP contribution in [0.4, 0.5) is 4.79 Å². The highest BCUT2D eigenvalue weighted by atomic mass is 16.5. The van der Waals surface area contributed by atoms with E-state index in [0.29, 0.717) is 11.7 Å². The first-order valence-electron chi connectivity index (χ1n) is 9.12. The smallest absolute Gasteiger partial charge is 0.317 e. The number of carbonyl (C=O) groups is 1. The van der Waals surface area contributed by atoms with E-state index in [-0.39, 0.29) is 18.6 Å². The van der Waals surface area contributed by atoms with Crippen LogP contribution in [0.15, 0.2) is 29.0 Å². The lowest BCUT2D eigenvalue weighted by Gasteiger charge is -2.33. The van der Waals surface area contributed by atoms with Crippen molar-refractivity contribution in [1.29, 1.82) is 0 Å². The molecule has 0 saturated carbocycles. The first-order valence-corrected chi connectivity index (χ1v) is 9.12. The van der Waals surface area contributed by atoms with E-state index >= 15 is 0 Å². The molecule has 26 heavy (non-hydrogen) atoms. The Morgan fingerprint density at radius 1 is 1.42 bits per heavy atom. The van der Waals surface area contributed by atoms with Gasteiger partial charge in [0.1, 0.15) is 6.54 Å². The van der Waals surface area contributed by atoms with E-state index in [9.17, 15) is 4.79 Å². The maximum absolute atomic E-state index is 12.5. The average molecular weight is 358 g/mol. The molecule has 0 bridgehead atoms. The third-order valence-electron chi connectivity index (χ3n) is 4.50. The highest BCUT2D eigenvalue weighted by Gasteiger charge is 2.23. The van der Waals surface area contributed by atoms with E-state index in [1.165, 1.54) is 0 Å². The SMILES string of the molecule is CCCN1CCC[C@@H](NC(=O)N(C)Cc2nc(-c3ccncc3)no2)C1. The largest absolute Gasteiger partial charge is 0.337 e. The fraction of sp³-hybridized carbons (Fsp3) is 0.556. The summed E-state index contributed by atoms with van der Waals surface area (Å²) >= 11 is 0. The van der Waals surface area contributed by atoms with Crippen LogP contribution >= 0.6 is 0 Å².